The van der Waals surface area contributed by atoms with Crippen molar-refractivity contribution in [1.29, 1.82) is 0 Å². The number of amides is 2. The lowest BCUT2D eigenvalue weighted by Gasteiger charge is -2.33. The van der Waals surface area contributed by atoms with Gasteiger partial charge in [0.1, 0.15) is 23.4 Å². The van der Waals surface area contributed by atoms with Crippen molar-refractivity contribution in [2.24, 2.45) is 0 Å². The Morgan fingerprint density at radius 2 is 2.03 bits per heavy atom. The number of benzene rings is 2. The number of likely N-dealkylation sites (N-methyl/N-ethyl adjacent to an activating group) is 1. The minimum atomic E-state index is -0.772. The molecule has 0 aliphatic carbocycles. The first-order chi connectivity index (χ1) is 15.0. The van der Waals surface area contributed by atoms with Crippen molar-refractivity contribution in [2.75, 3.05) is 25.1 Å². The number of anilines is 1. The second-order valence-corrected chi connectivity index (χ2v) is 7.53. The Kier molecular flexibility index (Phi) is 5.84. The number of ether oxygens (including phenoxy) is 3. The summed E-state index contributed by atoms with van der Waals surface area (Å²) in [6, 6.07) is 11.1. The summed E-state index contributed by atoms with van der Waals surface area (Å²) in [5.74, 6) is 1.51. The highest BCUT2D eigenvalue weighted by atomic mass is 16.5. The highest BCUT2D eigenvalue weighted by Crippen LogP contribution is 2.36. The first-order valence-corrected chi connectivity index (χ1v) is 10.4. The minimum absolute atomic E-state index is 0.122. The van der Waals surface area contributed by atoms with Gasteiger partial charge in [-0.15, -0.1) is 0 Å². The second kappa shape index (κ2) is 8.71. The number of rotatable bonds is 5. The van der Waals surface area contributed by atoms with E-state index in [-0.39, 0.29) is 24.5 Å². The molecule has 2 atom stereocenters. The van der Waals surface area contributed by atoms with Crippen molar-refractivity contribution < 1.29 is 23.8 Å². The van der Waals surface area contributed by atoms with Crippen LogP contribution in [0.2, 0.25) is 0 Å². The van der Waals surface area contributed by atoms with E-state index in [1.54, 1.807) is 30.2 Å². The number of para-hydroxylation sites is 2. The molecule has 7 nitrogen and oxygen atoms in total. The molecule has 2 aromatic carbocycles. The largest absolute Gasteiger partial charge is 0.493 e. The molecule has 2 aliphatic rings. The molecule has 0 unspecified atom stereocenters. The molecule has 2 heterocycles. The van der Waals surface area contributed by atoms with Gasteiger partial charge in [0.05, 0.1) is 18.8 Å². The van der Waals surface area contributed by atoms with Crippen LogP contribution in [0.15, 0.2) is 42.5 Å². The van der Waals surface area contributed by atoms with Gasteiger partial charge in [0.2, 0.25) is 0 Å². The summed E-state index contributed by atoms with van der Waals surface area (Å²) in [5.41, 5.74) is 2.51. The normalized spacial score (nSPS) is 19.3. The molecule has 2 aliphatic heterocycles. The Morgan fingerprint density at radius 3 is 2.81 bits per heavy atom. The van der Waals surface area contributed by atoms with Gasteiger partial charge in [-0.2, -0.15) is 0 Å². The van der Waals surface area contributed by atoms with Crippen molar-refractivity contribution in [3.05, 3.63) is 53.6 Å². The molecule has 0 radical (unpaired) electrons. The van der Waals surface area contributed by atoms with Crippen LogP contribution in [0, 0.1) is 0 Å². The van der Waals surface area contributed by atoms with E-state index >= 15 is 0 Å². The van der Waals surface area contributed by atoms with Crippen LogP contribution in [0.4, 0.5) is 5.69 Å². The van der Waals surface area contributed by atoms with E-state index in [4.69, 9.17) is 14.2 Å². The van der Waals surface area contributed by atoms with Crippen molar-refractivity contribution in [3.63, 3.8) is 0 Å². The third-order valence-corrected chi connectivity index (χ3v) is 5.31. The van der Waals surface area contributed by atoms with Gasteiger partial charge in [0.25, 0.3) is 11.8 Å². The van der Waals surface area contributed by atoms with Gasteiger partial charge in [-0.25, -0.2) is 0 Å². The van der Waals surface area contributed by atoms with Crippen molar-refractivity contribution in [2.45, 2.75) is 32.5 Å². The lowest BCUT2D eigenvalue weighted by Crippen LogP contribution is -2.49. The van der Waals surface area contributed by atoms with Crippen LogP contribution in [0.1, 0.15) is 25.0 Å². The SMILES string of the molecule is CCOc1cc2c(cc1/C=C/C(=O)N1C[C@H](C(=O)NC)Oc3ccccc31)O[C@@H](C)C2. The summed E-state index contributed by atoms with van der Waals surface area (Å²) >= 11 is 0. The highest BCUT2D eigenvalue weighted by molar-refractivity contribution is 6.06. The van der Waals surface area contributed by atoms with Gasteiger partial charge in [0.15, 0.2) is 6.10 Å². The predicted molar refractivity (Wildman–Crippen MR) is 118 cm³/mol. The molecular formula is C24H26N2O5. The molecule has 0 aromatic heterocycles. The first kappa shape index (κ1) is 20.8. The summed E-state index contributed by atoms with van der Waals surface area (Å²) < 4.78 is 17.4. The molecule has 0 saturated carbocycles. The van der Waals surface area contributed by atoms with E-state index in [0.717, 1.165) is 23.3 Å². The quantitative estimate of drug-likeness (QED) is 0.750. The Balaban J connectivity index is 1.62. The van der Waals surface area contributed by atoms with E-state index in [1.807, 2.05) is 38.1 Å². The topological polar surface area (TPSA) is 77.1 Å². The number of nitrogens with zero attached hydrogens (tertiary/aromatic N) is 1. The number of nitrogens with one attached hydrogen (secondary N) is 1. The molecular weight excluding hydrogens is 396 g/mol. The summed E-state index contributed by atoms with van der Waals surface area (Å²) in [5, 5.41) is 2.58. The zero-order valence-corrected chi connectivity index (χ0v) is 17.9. The van der Waals surface area contributed by atoms with Gasteiger partial charge in [0, 0.05) is 30.7 Å². The average Bonchev–Trinajstić information content (AvgIpc) is 3.14. The molecule has 4 rings (SSSR count). The van der Waals surface area contributed by atoms with Gasteiger partial charge in [-0.05, 0) is 44.2 Å². The van der Waals surface area contributed by atoms with Crippen LogP contribution in [-0.2, 0) is 16.0 Å². The maximum Gasteiger partial charge on any atom is 0.262 e. The van der Waals surface area contributed by atoms with E-state index in [0.29, 0.717) is 23.8 Å². The third kappa shape index (κ3) is 4.21. The maximum absolute atomic E-state index is 13.1. The monoisotopic (exact) mass is 422 g/mol. The average molecular weight is 422 g/mol. The first-order valence-electron chi connectivity index (χ1n) is 10.4. The number of hydrogen-bond acceptors (Lipinski definition) is 5. The van der Waals surface area contributed by atoms with E-state index < -0.39 is 6.10 Å². The molecule has 31 heavy (non-hydrogen) atoms. The third-order valence-electron chi connectivity index (χ3n) is 5.31. The minimum Gasteiger partial charge on any atom is -0.493 e. The molecule has 7 heteroatoms. The van der Waals surface area contributed by atoms with Gasteiger partial charge < -0.3 is 24.4 Å². The molecule has 2 aromatic rings. The van der Waals surface area contributed by atoms with Gasteiger partial charge in [-0.1, -0.05) is 12.1 Å². The summed E-state index contributed by atoms with van der Waals surface area (Å²) in [4.78, 5) is 26.8. The Morgan fingerprint density at radius 1 is 1.23 bits per heavy atom. The van der Waals surface area contributed by atoms with E-state index in [9.17, 15) is 9.59 Å². The molecule has 1 N–H and O–H groups in total. The number of fused-ring (bicyclic) bond motifs is 2. The van der Waals surface area contributed by atoms with Crippen LogP contribution in [0.25, 0.3) is 6.08 Å². The maximum atomic E-state index is 13.1. The molecule has 0 bridgehead atoms. The number of carbonyl (C=O) groups excluding carboxylic acids is 2. The fourth-order valence-electron chi connectivity index (χ4n) is 3.86. The number of carbonyl (C=O) groups is 2. The zero-order valence-electron chi connectivity index (χ0n) is 17.9. The van der Waals surface area contributed by atoms with Crippen LogP contribution < -0.4 is 24.4 Å². The lowest BCUT2D eigenvalue weighted by molar-refractivity contribution is -0.127. The van der Waals surface area contributed by atoms with Crippen molar-refractivity contribution in [3.8, 4) is 17.2 Å². The zero-order chi connectivity index (χ0) is 22.0. The number of hydrogen-bond donors (Lipinski definition) is 1. The van der Waals surface area contributed by atoms with E-state index in [2.05, 4.69) is 5.32 Å². The van der Waals surface area contributed by atoms with Crippen LogP contribution >= 0.6 is 0 Å². The van der Waals surface area contributed by atoms with Crippen LogP contribution in [-0.4, -0.2) is 44.2 Å². The molecule has 0 saturated heterocycles. The fraction of sp³-hybridized carbons (Fsp3) is 0.333. The molecule has 2 amide bonds. The van der Waals surface area contributed by atoms with Gasteiger partial charge in [-0.3, -0.25) is 9.59 Å². The Hall–Kier alpha value is -3.48. The Labute approximate surface area is 181 Å². The molecule has 0 spiro atoms. The second-order valence-electron chi connectivity index (χ2n) is 7.53. The van der Waals surface area contributed by atoms with E-state index in [1.165, 1.54) is 6.08 Å². The lowest BCUT2D eigenvalue weighted by atomic mass is 10.1. The van der Waals surface area contributed by atoms with Crippen molar-refractivity contribution >= 4 is 23.6 Å². The molecule has 0 fully saturated rings. The molecule has 162 valence electrons. The van der Waals surface area contributed by atoms with Crippen LogP contribution in [0.3, 0.4) is 0 Å². The fourth-order valence-corrected chi connectivity index (χ4v) is 3.86. The Bertz CT molecular complexity index is 1030. The summed E-state index contributed by atoms with van der Waals surface area (Å²) in [6.07, 6.45) is 3.41. The standard InChI is InChI=1S/C24H26N2O5/c1-4-29-20-13-17-11-15(2)30-21(17)12-16(20)9-10-23(27)26-14-22(24(28)25-3)31-19-8-6-5-7-18(19)26/h5-10,12-13,15,22H,4,11,14H2,1-3H3,(H,25,28)/b10-9+/t15-,22+/m0/s1. The highest BCUT2D eigenvalue weighted by Gasteiger charge is 2.32. The van der Waals surface area contributed by atoms with Crippen LogP contribution in [0.5, 0.6) is 17.2 Å². The smallest absolute Gasteiger partial charge is 0.262 e. The predicted octanol–water partition coefficient (Wildman–Crippen LogP) is 2.96. The van der Waals surface area contributed by atoms with Crippen molar-refractivity contribution in [1.82, 2.24) is 5.32 Å². The van der Waals surface area contributed by atoms with Gasteiger partial charge >= 0.3 is 0 Å². The summed E-state index contributed by atoms with van der Waals surface area (Å²) in [7, 11) is 1.55. The summed E-state index contributed by atoms with van der Waals surface area (Å²) in [6.45, 7) is 4.60.